The summed E-state index contributed by atoms with van der Waals surface area (Å²) in [4.78, 5) is 60.0. The summed E-state index contributed by atoms with van der Waals surface area (Å²) >= 11 is 0. The van der Waals surface area contributed by atoms with Gasteiger partial charge in [0.1, 0.15) is 12.3 Å². The van der Waals surface area contributed by atoms with Gasteiger partial charge in [0, 0.05) is 61.4 Å². The molecule has 2 spiro atoms. The number of nitrogens with one attached hydrogen (secondary N) is 1. The first-order valence-corrected chi connectivity index (χ1v) is 19.4. The van der Waals surface area contributed by atoms with Gasteiger partial charge in [-0.2, -0.15) is 0 Å². The van der Waals surface area contributed by atoms with Crippen LogP contribution in [0.15, 0.2) is 42.5 Å². The van der Waals surface area contributed by atoms with Crippen LogP contribution >= 0.6 is 43.2 Å². The lowest BCUT2D eigenvalue weighted by molar-refractivity contribution is -0.166. The SMILES string of the molecule is CN1C(=O)C23C[C@@H]4c5c(cccc5N5c6ccccc6C6C[C@@]78SS[C@@](CO)(C(=O)N7[C@H]65)N(C)C8=O)N[C@@H]4N2C(=O)[C@]1(CO)SS3. The lowest BCUT2D eigenvalue weighted by Gasteiger charge is -2.58. The molecule has 2 aromatic rings. The first-order valence-electron chi connectivity index (χ1n) is 15.1. The number of aliphatic hydroxyl groups is 2. The molecule has 46 heavy (non-hydrogen) atoms. The van der Waals surface area contributed by atoms with Crippen molar-refractivity contribution < 1.29 is 29.4 Å². The number of likely N-dealkylation sites (N-methyl/N-ethyl adjacent to an activating group) is 2. The molecule has 8 fully saturated rings. The summed E-state index contributed by atoms with van der Waals surface area (Å²) in [6.45, 7) is -0.969. The van der Waals surface area contributed by atoms with Gasteiger partial charge in [-0.3, -0.25) is 29.0 Å². The lowest BCUT2D eigenvalue weighted by atomic mass is 9.93. The molecular formula is C30H28N6O6S4. The van der Waals surface area contributed by atoms with Gasteiger partial charge in [0.25, 0.3) is 23.6 Å². The van der Waals surface area contributed by atoms with Crippen LogP contribution in [0.3, 0.4) is 0 Å². The number of rotatable bonds is 3. The van der Waals surface area contributed by atoms with Gasteiger partial charge in [-0.05, 0) is 45.4 Å². The van der Waals surface area contributed by atoms with Crippen LogP contribution in [0.2, 0.25) is 0 Å². The Morgan fingerprint density at radius 2 is 1.33 bits per heavy atom. The Hall–Kier alpha value is -2.76. The number of nitrogens with zero attached hydrogens (tertiary/aromatic N) is 5. The summed E-state index contributed by atoms with van der Waals surface area (Å²) in [6, 6.07) is 14.0. The van der Waals surface area contributed by atoms with Gasteiger partial charge in [0.2, 0.25) is 9.74 Å². The van der Waals surface area contributed by atoms with Crippen LogP contribution in [0.1, 0.15) is 35.8 Å². The minimum atomic E-state index is -1.40. The second-order valence-electron chi connectivity index (χ2n) is 13.2. The molecule has 2 aromatic carbocycles. The minimum Gasteiger partial charge on any atom is -0.392 e. The van der Waals surface area contributed by atoms with Gasteiger partial charge in [-0.1, -0.05) is 45.9 Å². The Bertz CT molecular complexity index is 1850. The summed E-state index contributed by atoms with van der Waals surface area (Å²) in [7, 11) is 8.48. The highest BCUT2D eigenvalue weighted by Crippen LogP contribution is 2.71. The number of carbonyl (C=O) groups excluding carboxylic acids is 4. The van der Waals surface area contributed by atoms with Crippen molar-refractivity contribution in [2.75, 3.05) is 37.5 Å². The van der Waals surface area contributed by atoms with Crippen LogP contribution in [-0.4, -0.2) is 113 Å². The van der Waals surface area contributed by atoms with Crippen molar-refractivity contribution in [3.8, 4) is 0 Å². The van der Waals surface area contributed by atoms with E-state index in [4.69, 9.17) is 0 Å². The summed E-state index contributed by atoms with van der Waals surface area (Å²) in [5.74, 6) is -1.31. The van der Waals surface area contributed by atoms with Crippen molar-refractivity contribution in [2.45, 2.75) is 56.5 Å². The largest absolute Gasteiger partial charge is 0.392 e. The van der Waals surface area contributed by atoms with E-state index >= 15 is 0 Å². The van der Waals surface area contributed by atoms with Gasteiger partial charge in [-0.15, -0.1) is 0 Å². The number of aliphatic hydroxyl groups excluding tert-OH is 2. The van der Waals surface area contributed by atoms with Crippen molar-refractivity contribution in [3.63, 3.8) is 0 Å². The third kappa shape index (κ3) is 2.74. The second kappa shape index (κ2) is 8.63. The molecule has 8 atom stereocenters. The van der Waals surface area contributed by atoms with E-state index in [9.17, 15) is 29.4 Å². The number of hydrogen-bond acceptors (Lipinski definition) is 12. The number of para-hydroxylation sites is 1. The molecule has 2 unspecified atom stereocenters. The Morgan fingerprint density at radius 1 is 0.739 bits per heavy atom. The number of fused-ring (bicyclic) bond motifs is 10. The zero-order valence-electron chi connectivity index (χ0n) is 24.6. The summed E-state index contributed by atoms with van der Waals surface area (Å²) in [6.07, 6.45) is -0.163. The molecule has 8 saturated heterocycles. The maximum absolute atomic E-state index is 14.5. The van der Waals surface area contributed by atoms with E-state index in [-0.39, 0.29) is 35.5 Å². The third-order valence-electron chi connectivity index (χ3n) is 11.5. The number of anilines is 3. The van der Waals surface area contributed by atoms with E-state index in [1.807, 2.05) is 36.4 Å². The minimum absolute atomic E-state index is 0.156. The predicted octanol–water partition coefficient (Wildman–Crippen LogP) is 2.05. The Kier molecular flexibility index (Phi) is 5.30. The maximum Gasteiger partial charge on any atom is 0.265 e. The summed E-state index contributed by atoms with van der Waals surface area (Å²) < 4.78 is 0. The van der Waals surface area contributed by atoms with Crippen molar-refractivity contribution in [1.29, 1.82) is 0 Å². The first-order chi connectivity index (χ1) is 22.1. The van der Waals surface area contributed by atoms with Crippen LogP contribution in [0.4, 0.5) is 17.1 Å². The zero-order valence-corrected chi connectivity index (χ0v) is 27.8. The molecule has 0 radical (unpaired) electrons. The van der Waals surface area contributed by atoms with Crippen LogP contribution in [-0.2, 0) is 19.2 Å². The van der Waals surface area contributed by atoms with Gasteiger partial charge in [0.15, 0.2) is 9.74 Å². The monoisotopic (exact) mass is 696 g/mol. The predicted molar refractivity (Wildman–Crippen MR) is 176 cm³/mol. The van der Waals surface area contributed by atoms with Crippen molar-refractivity contribution in [3.05, 3.63) is 53.6 Å². The van der Waals surface area contributed by atoms with E-state index in [0.29, 0.717) is 12.8 Å². The molecule has 238 valence electrons. The maximum atomic E-state index is 14.5. The van der Waals surface area contributed by atoms with E-state index < -0.39 is 45.0 Å². The van der Waals surface area contributed by atoms with E-state index in [0.717, 1.165) is 28.2 Å². The van der Waals surface area contributed by atoms with Crippen LogP contribution in [0, 0.1) is 0 Å². The van der Waals surface area contributed by atoms with E-state index in [2.05, 4.69) is 16.3 Å². The quantitative estimate of drug-likeness (QED) is 0.406. The summed E-state index contributed by atoms with van der Waals surface area (Å²) in [5.41, 5.74) is 4.66. The molecule has 16 heteroatoms. The molecule has 10 heterocycles. The number of amides is 4. The van der Waals surface area contributed by atoms with Crippen molar-refractivity contribution in [1.82, 2.24) is 19.6 Å². The molecule has 10 aliphatic rings. The molecular weight excluding hydrogens is 669 g/mol. The molecule has 0 saturated carbocycles. The molecule has 10 aliphatic heterocycles. The van der Waals surface area contributed by atoms with Crippen LogP contribution < -0.4 is 10.2 Å². The highest BCUT2D eigenvalue weighted by Gasteiger charge is 2.77. The molecule has 4 amide bonds. The molecule has 3 N–H and O–H groups in total. The van der Waals surface area contributed by atoms with Gasteiger partial charge < -0.3 is 30.2 Å². The van der Waals surface area contributed by atoms with Gasteiger partial charge >= 0.3 is 0 Å². The average molecular weight is 697 g/mol. The van der Waals surface area contributed by atoms with Crippen molar-refractivity contribution >= 4 is 83.9 Å². The number of benzene rings is 2. The summed E-state index contributed by atoms with van der Waals surface area (Å²) in [5, 5.41) is 24.5. The van der Waals surface area contributed by atoms with Crippen LogP contribution in [0.25, 0.3) is 0 Å². The lowest BCUT2D eigenvalue weighted by Crippen LogP contribution is -2.77. The fraction of sp³-hybridized carbons (Fsp3) is 0.467. The second-order valence-corrected chi connectivity index (χ2v) is 18.5. The van der Waals surface area contributed by atoms with Crippen LogP contribution in [0.5, 0.6) is 0 Å². The standard InChI is InChI=1S/C30H28N6O6S4/c1-32-23(39)27-11-16-20-17(31-21(16)35(27)25(41)29(32,12-37)45-43-27)7-5-9-19(20)34-18-8-4-3-6-14(18)15-10-28-24(40)33(2)30(13-38,46-44-28)26(42)36(28)22(15)34/h3-9,15-16,21-22,31,37-38H,10-13H2,1-2H3/t15?,16-,21-,22-,27?,28+,29+,30+/m1/s1. The number of carbonyl (C=O) groups is 4. The highest BCUT2D eigenvalue weighted by molar-refractivity contribution is 8.78. The molecule has 0 aromatic heterocycles. The van der Waals surface area contributed by atoms with Gasteiger partial charge in [-0.25, -0.2) is 0 Å². The molecule has 12 nitrogen and oxygen atoms in total. The number of hydrogen-bond donors (Lipinski definition) is 3. The van der Waals surface area contributed by atoms with Crippen molar-refractivity contribution in [2.24, 2.45) is 0 Å². The Labute approximate surface area is 279 Å². The van der Waals surface area contributed by atoms with E-state index in [1.54, 1.807) is 23.9 Å². The first kappa shape index (κ1) is 28.3. The Morgan fingerprint density at radius 3 is 2.00 bits per heavy atom. The topological polar surface area (TPSA) is 137 Å². The van der Waals surface area contributed by atoms with E-state index in [1.165, 1.54) is 53.0 Å². The average Bonchev–Trinajstić information content (AvgIpc) is 3.78. The molecule has 12 rings (SSSR count). The third-order valence-corrected chi connectivity index (χ3v) is 18.8. The van der Waals surface area contributed by atoms with Gasteiger partial charge in [0.05, 0.1) is 13.2 Å². The number of piperazine rings is 2. The Balaban J connectivity index is 1.13. The molecule has 0 aliphatic carbocycles. The normalized spacial score (nSPS) is 40.7. The zero-order chi connectivity index (χ0) is 31.7. The molecule has 4 bridgehead atoms. The smallest absolute Gasteiger partial charge is 0.265 e. The fourth-order valence-electron chi connectivity index (χ4n) is 9.22. The highest BCUT2D eigenvalue weighted by atomic mass is 33.1. The fourth-order valence-corrected chi connectivity index (χ4v) is 16.5.